The number of hydrogen-bond donors (Lipinski definition) is 0. The van der Waals surface area contributed by atoms with E-state index in [4.69, 9.17) is 9.98 Å². The minimum absolute atomic E-state index is 0.206. The molecule has 57 heavy (non-hydrogen) atoms. The molecule has 0 N–H and O–H groups in total. The minimum Gasteiger partial charge on any atom is -0.337 e. The van der Waals surface area contributed by atoms with Crippen molar-refractivity contribution >= 4 is 44.7 Å². The molecule has 1 fully saturated rings. The number of nitrogens with zero attached hydrogens (tertiary/aromatic N) is 5. The van der Waals surface area contributed by atoms with Crippen LogP contribution in [0.3, 0.4) is 0 Å². The van der Waals surface area contributed by atoms with Crippen LogP contribution < -0.4 is 4.90 Å². The third-order valence-electron chi connectivity index (χ3n) is 12.1. The van der Waals surface area contributed by atoms with Gasteiger partial charge in [0.1, 0.15) is 5.84 Å². The van der Waals surface area contributed by atoms with Gasteiger partial charge in [-0.2, -0.15) is 0 Å². The molecule has 0 bridgehead atoms. The maximum atomic E-state index is 5.30. The summed E-state index contributed by atoms with van der Waals surface area (Å²) in [5.41, 5.74) is 12.0. The first-order valence-electron chi connectivity index (χ1n) is 19.9. The minimum atomic E-state index is -0.238. The topological polar surface area (TPSA) is 36.1 Å². The van der Waals surface area contributed by atoms with Gasteiger partial charge in [-0.15, -0.1) is 0 Å². The molecule has 0 spiro atoms. The van der Waals surface area contributed by atoms with E-state index in [-0.39, 0.29) is 12.2 Å². The number of fused-ring (bicyclic) bond motifs is 6. The number of para-hydroxylation sites is 2. The molecule has 4 atom stereocenters. The zero-order valence-electron chi connectivity index (χ0n) is 31.7. The summed E-state index contributed by atoms with van der Waals surface area (Å²) >= 11 is 0. The van der Waals surface area contributed by atoms with Crippen LogP contribution in [0.5, 0.6) is 0 Å². The molecule has 3 heterocycles. The number of hydrogen-bond acceptors (Lipinski definition) is 4. The first kappa shape index (κ1) is 33.4. The van der Waals surface area contributed by atoms with Crippen molar-refractivity contribution in [2.75, 3.05) is 11.9 Å². The molecule has 4 unspecified atom stereocenters. The Morgan fingerprint density at radius 1 is 0.632 bits per heavy atom. The van der Waals surface area contributed by atoms with E-state index >= 15 is 0 Å². The van der Waals surface area contributed by atoms with E-state index in [1.807, 2.05) is 12.1 Å². The molecule has 4 aliphatic rings. The summed E-state index contributed by atoms with van der Waals surface area (Å²) in [5, 5.41) is 2.55. The van der Waals surface area contributed by atoms with Gasteiger partial charge in [0.2, 0.25) is 0 Å². The van der Waals surface area contributed by atoms with E-state index in [1.165, 1.54) is 50.0 Å². The van der Waals surface area contributed by atoms with Crippen LogP contribution in [0.2, 0.25) is 0 Å². The fourth-order valence-corrected chi connectivity index (χ4v) is 9.49. The van der Waals surface area contributed by atoms with Gasteiger partial charge in [0.05, 0.1) is 17.1 Å². The van der Waals surface area contributed by atoms with Gasteiger partial charge in [-0.05, 0) is 71.7 Å². The third-order valence-corrected chi connectivity index (χ3v) is 12.1. The van der Waals surface area contributed by atoms with Crippen molar-refractivity contribution in [2.45, 2.75) is 18.6 Å². The summed E-state index contributed by atoms with van der Waals surface area (Å²) in [4.78, 5) is 15.2. The SMILES string of the molecule is CN1C(c2ccccc2)=NC(c2ccccc2)=NC1c1cccc(N2C3=CC=CCC3C3C=C(c4ccc5c(c4)c4ccccc4n5-c4ccccc4)C=CC32)c1. The summed E-state index contributed by atoms with van der Waals surface area (Å²) < 4.78 is 2.39. The van der Waals surface area contributed by atoms with Gasteiger partial charge in [0.25, 0.3) is 0 Å². The summed E-state index contributed by atoms with van der Waals surface area (Å²) in [5.74, 6) is 2.39. The van der Waals surface area contributed by atoms with E-state index in [9.17, 15) is 0 Å². The highest BCUT2D eigenvalue weighted by molar-refractivity contribution is 6.13. The van der Waals surface area contributed by atoms with Crippen molar-refractivity contribution in [1.82, 2.24) is 9.47 Å². The number of aliphatic imine (C=N–C) groups is 2. The molecule has 5 heteroatoms. The Balaban J connectivity index is 0.957. The van der Waals surface area contributed by atoms with Crippen LogP contribution in [0.4, 0.5) is 5.69 Å². The van der Waals surface area contributed by atoms with E-state index in [0.717, 1.165) is 34.8 Å². The molecular formula is C52H41N5. The molecule has 0 amide bonds. The molecule has 1 aromatic heterocycles. The number of allylic oxidation sites excluding steroid dienone is 6. The summed E-state index contributed by atoms with van der Waals surface area (Å²) in [7, 11) is 2.11. The van der Waals surface area contributed by atoms with Gasteiger partial charge in [0, 0.05) is 57.9 Å². The second-order valence-electron chi connectivity index (χ2n) is 15.4. The van der Waals surface area contributed by atoms with Crippen LogP contribution in [0.15, 0.2) is 210 Å². The van der Waals surface area contributed by atoms with Crippen molar-refractivity contribution in [1.29, 1.82) is 0 Å². The Kier molecular flexibility index (Phi) is 7.99. The van der Waals surface area contributed by atoms with Gasteiger partial charge in [-0.25, -0.2) is 9.98 Å². The molecule has 0 radical (unpaired) electrons. The van der Waals surface area contributed by atoms with Gasteiger partial charge in [-0.1, -0.05) is 146 Å². The van der Waals surface area contributed by atoms with Crippen molar-refractivity contribution in [2.24, 2.45) is 21.8 Å². The highest BCUT2D eigenvalue weighted by Gasteiger charge is 2.44. The lowest BCUT2D eigenvalue weighted by molar-refractivity contribution is 0.383. The van der Waals surface area contributed by atoms with E-state index < -0.39 is 0 Å². The van der Waals surface area contributed by atoms with E-state index in [0.29, 0.717) is 11.8 Å². The Labute approximate surface area is 333 Å². The maximum Gasteiger partial charge on any atom is 0.159 e. The lowest BCUT2D eigenvalue weighted by atomic mass is 9.80. The summed E-state index contributed by atoms with van der Waals surface area (Å²) in [6.45, 7) is 0. The second-order valence-corrected chi connectivity index (χ2v) is 15.4. The van der Waals surface area contributed by atoms with Crippen LogP contribution in [0, 0.1) is 11.8 Å². The highest BCUT2D eigenvalue weighted by Crippen LogP contribution is 2.49. The molecule has 11 rings (SSSR count). The first-order chi connectivity index (χ1) is 28.2. The fraction of sp³-hybridized carbons (Fsp3) is 0.115. The average Bonchev–Trinajstić information content (AvgIpc) is 3.79. The van der Waals surface area contributed by atoms with Crippen molar-refractivity contribution in [3.05, 3.63) is 222 Å². The molecule has 2 aliphatic heterocycles. The summed E-state index contributed by atoms with van der Waals surface area (Å²) in [6, 6.07) is 56.5. The monoisotopic (exact) mass is 735 g/mol. The average molecular weight is 736 g/mol. The van der Waals surface area contributed by atoms with Crippen LogP contribution in [-0.4, -0.2) is 34.2 Å². The van der Waals surface area contributed by atoms with Gasteiger partial charge in [0.15, 0.2) is 12.0 Å². The predicted molar refractivity (Wildman–Crippen MR) is 236 cm³/mol. The first-order valence-corrected chi connectivity index (χ1v) is 19.9. The number of amidine groups is 2. The second kappa shape index (κ2) is 13.6. The Hall–Kier alpha value is -6.98. The molecule has 1 saturated heterocycles. The van der Waals surface area contributed by atoms with Crippen LogP contribution >= 0.6 is 0 Å². The van der Waals surface area contributed by atoms with Crippen LogP contribution in [-0.2, 0) is 0 Å². The highest BCUT2D eigenvalue weighted by atomic mass is 15.3. The number of aromatic nitrogens is 1. The number of benzene rings is 6. The molecular weight excluding hydrogens is 695 g/mol. The molecule has 0 saturated carbocycles. The van der Waals surface area contributed by atoms with Crippen molar-refractivity contribution in [3.8, 4) is 5.69 Å². The third kappa shape index (κ3) is 5.61. The van der Waals surface area contributed by atoms with Crippen LogP contribution in [0.1, 0.15) is 34.8 Å². The zero-order valence-corrected chi connectivity index (χ0v) is 31.7. The van der Waals surface area contributed by atoms with Gasteiger partial charge >= 0.3 is 0 Å². The molecule has 274 valence electrons. The lowest BCUT2D eigenvalue weighted by Gasteiger charge is -2.34. The zero-order chi connectivity index (χ0) is 37.9. The lowest BCUT2D eigenvalue weighted by Crippen LogP contribution is -2.36. The quantitative estimate of drug-likeness (QED) is 0.170. The standard InChI is InChI=1S/C52H41N5/c1-55-51(36-18-7-3-8-19-36)53-50(35-16-5-2-6-17-35)54-52(55)39-20-15-23-41(32-39)57-47-27-14-12-25-43(47)45-34-38(29-31-49(45)57)37-28-30-48-44(33-37)42-24-11-13-26-46(42)56(48)40-21-9-4-10-22-40/h2-24,26-34,43,45,49,52H,25H2,1H3. The molecule has 2 aliphatic carbocycles. The molecule has 5 nitrogen and oxygen atoms in total. The van der Waals surface area contributed by atoms with Crippen molar-refractivity contribution < 1.29 is 0 Å². The molecule has 7 aromatic rings. The Bertz CT molecular complexity index is 2860. The van der Waals surface area contributed by atoms with E-state index in [2.05, 4.69) is 203 Å². The van der Waals surface area contributed by atoms with Gasteiger partial charge < -0.3 is 14.4 Å². The predicted octanol–water partition coefficient (Wildman–Crippen LogP) is 11.5. The number of anilines is 1. The number of rotatable bonds is 6. The van der Waals surface area contributed by atoms with Gasteiger partial charge in [-0.3, -0.25) is 0 Å². The normalized spacial score (nSPS) is 21.2. The Morgan fingerprint density at radius 3 is 2.18 bits per heavy atom. The van der Waals surface area contributed by atoms with E-state index in [1.54, 1.807) is 0 Å². The fourth-order valence-electron chi connectivity index (χ4n) is 9.49. The smallest absolute Gasteiger partial charge is 0.159 e. The maximum absolute atomic E-state index is 5.30. The Morgan fingerprint density at radius 2 is 1.35 bits per heavy atom. The largest absolute Gasteiger partial charge is 0.337 e. The van der Waals surface area contributed by atoms with Crippen LogP contribution in [0.25, 0.3) is 33.1 Å². The molecule has 6 aromatic carbocycles. The van der Waals surface area contributed by atoms with Crippen molar-refractivity contribution in [3.63, 3.8) is 0 Å². The summed E-state index contributed by atoms with van der Waals surface area (Å²) in [6.07, 6.45) is 15.1.